The van der Waals surface area contributed by atoms with Crippen LogP contribution in [0, 0.1) is 6.92 Å². The first-order chi connectivity index (χ1) is 11.1. The average Bonchev–Trinajstić information content (AvgIpc) is 2.57. The number of nitrogens with one attached hydrogen (secondary N) is 1. The normalized spacial score (nSPS) is 14.7. The zero-order chi connectivity index (χ0) is 16.2. The SMILES string of the molecule is CC(=O)N1CCN(c2cnnc(Nc3ccc(C)cc3)n2)CC1. The van der Waals surface area contributed by atoms with Crippen LogP contribution in [-0.4, -0.2) is 52.2 Å². The van der Waals surface area contributed by atoms with Crippen LogP contribution in [0.3, 0.4) is 0 Å². The van der Waals surface area contributed by atoms with E-state index in [1.165, 1.54) is 5.56 Å². The van der Waals surface area contributed by atoms with Gasteiger partial charge in [0.05, 0.1) is 6.20 Å². The molecule has 0 radical (unpaired) electrons. The monoisotopic (exact) mass is 312 g/mol. The Kier molecular flexibility index (Phi) is 4.36. The van der Waals surface area contributed by atoms with Crippen LogP contribution in [0.2, 0.25) is 0 Å². The van der Waals surface area contributed by atoms with E-state index in [0.717, 1.165) is 24.6 Å². The molecule has 1 aromatic heterocycles. The molecule has 1 saturated heterocycles. The summed E-state index contributed by atoms with van der Waals surface area (Å²) < 4.78 is 0. The van der Waals surface area contributed by atoms with Crippen LogP contribution in [0.4, 0.5) is 17.5 Å². The van der Waals surface area contributed by atoms with Gasteiger partial charge >= 0.3 is 0 Å². The molecule has 2 aromatic rings. The van der Waals surface area contributed by atoms with Crippen molar-refractivity contribution >= 4 is 23.4 Å². The van der Waals surface area contributed by atoms with Gasteiger partial charge in [0.2, 0.25) is 11.9 Å². The van der Waals surface area contributed by atoms with E-state index in [9.17, 15) is 4.79 Å². The Labute approximate surface area is 135 Å². The molecule has 1 fully saturated rings. The van der Waals surface area contributed by atoms with Gasteiger partial charge in [-0.2, -0.15) is 10.1 Å². The number of hydrogen-bond acceptors (Lipinski definition) is 6. The summed E-state index contributed by atoms with van der Waals surface area (Å²) in [6, 6.07) is 8.02. The zero-order valence-electron chi connectivity index (χ0n) is 13.4. The van der Waals surface area contributed by atoms with Gasteiger partial charge in [-0.15, -0.1) is 5.10 Å². The number of hydrogen-bond donors (Lipinski definition) is 1. The standard InChI is InChI=1S/C16H20N6O/c1-12-3-5-14(6-4-12)18-16-19-15(11-17-20-16)22-9-7-21(8-10-22)13(2)23/h3-6,11H,7-10H2,1-2H3,(H,18,19,20). The number of anilines is 3. The van der Waals surface area contributed by atoms with E-state index in [2.05, 4.69) is 25.4 Å². The Morgan fingerprint density at radius 1 is 1.13 bits per heavy atom. The third kappa shape index (κ3) is 3.74. The third-order valence-electron chi connectivity index (χ3n) is 3.90. The van der Waals surface area contributed by atoms with Gasteiger partial charge in [0, 0.05) is 38.8 Å². The summed E-state index contributed by atoms with van der Waals surface area (Å²) in [6.07, 6.45) is 1.66. The summed E-state index contributed by atoms with van der Waals surface area (Å²) in [6.45, 7) is 6.57. The van der Waals surface area contributed by atoms with E-state index < -0.39 is 0 Å². The zero-order valence-corrected chi connectivity index (χ0v) is 13.4. The Balaban J connectivity index is 1.68. The Hall–Kier alpha value is -2.70. The lowest BCUT2D eigenvalue weighted by Gasteiger charge is -2.34. The van der Waals surface area contributed by atoms with Crippen molar-refractivity contribution in [2.45, 2.75) is 13.8 Å². The minimum atomic E-state index is 0.118. The molecule has 1 N–H and O–H groups in total. The number of rotatable bonds is 3. The van der Waals surface area contributed by atoms with Crippen LogP contribution in [0.25, 0.3) is 0 Å². The van der Waals surface area contributed by atoms with Crippen molar-refractivity contribution in [3.05, 3.63) is 36.0 Å². The fraction of sp³-hybridized carbons (Fsp3) is 0.375. The molecule has 0 saturated carbocycles. The number of amides is 1. The number of benzene rings is 1. The van der Waals surface area contributed by atoms with Gasteiger partial charge in [-0.25, -0.2) is 0 Å². The highest BCUT2D eigenvalue weighted by molar-refractivity contribution is 5.73. The molecular formula is C16H20N6O. The maximum Gasteiger partial charge on any atom is 0.249 e. The Morgan fingerprint density at radius 3 is 2.48 bits per heavy atom. The van der Waals surface area contributed by atoms with Crippen LogP contribution >= 0.6 is 0 Å². The van der Waals surface area contributed by atoms with Gasteiger partial charge < -0.3 is 15.1 Å². The average molecular weight is 312 g/mol. The predicted octanol–water partition coefficient (Wildman–Crippen LogP) is 1.59. The van der Waals surface area contributed by atoms with Crippen molar-refractivity contribution in [1.29, 1.82) is 0 Å². The van der Waals surface area contributed by atoms with Crippen LogP contribution in [0.5, 0.6) is 0 Å². The fourth-order valence-corrected chi connectivity index (χ4v) is 2.52. The molecule has 0 bridgehead atoms. The molecule has 7 nitrogen and oxygen atoms in total. The summed E-state index contributed by atoms with van der Waals surface area (Å²) >= 11 is 0. The van der Waals surface area contributed by atoms with Gasteiger partial charge in [0.25, 0.3) is 0 Å². The molecule has 0 unspecified atom stereocenters. The van der Waals surface area contributed by atoms with Gasteiger partial charge in [-0.1, -0.05) is 17.7 Å². The Morgan fingerprint density at radius 2 is 1.83 bits per heavy atom. The Bertz CT molecular complexity index is 679. The van der Waals surface area contributed by atoms with E-state index in [1.54, 1.807) is 13.1 Å². The van der Waals surface area contributed by atoms with Gasteiger partial charge in [0.15, 0.2) is 5.82 Å². The smallest absolute Gasteiger partial charge is 0.249 e. The van der Waals surface area contributed by atoms with E-state index in [-0.39, 0.29) is 5.91 Å². The summed E-state index contributed by atoms with van der Waals surface area (Å²) in [7, 11) is 0. The van der Waals surface area contributed by atoms with Crippen LogP contribution in [0.1, 0.15) is 12.5 Å². The van der Waals surface area contributed by atoms with Gasteiger partial charge in [0.1, 0.15) is 0 Å². The fourth-order valence-electron chi connectivity index (χ4n) is 2.52. The molecule has 23 heavy (non-hydrogen) atoms. The molecule has 1 aromatic carbocycles. The highest BCUT2D eigenvalue weighted by atomic mass is 16.2. The quantitative estimate of drug-likeness (QED) is 0.928. The third-order valence-corrected chi connectivity index (χ3v) is 3.90. The number of aryl methyl sites for hydroxylation is 1. The van der Waals surface area contributed by atoms with Gasteiger partial charge in [-0.05, 0) is 19.1 Å². The number of carbonyl (C=O) groups is 1. The first-order valence-electron chi connectivity index (χ1n) is 7.66. The highest BCUT2D eigenvalue weighted by Crippen LogP contribution is 2.17. The van der Waals surface area contributed by atoms with Crippen molar-refractivity contribution in [2.75, 3.05) is 36.4 Å². The molecule has 1 aliphatic rings. The van der Waals surface area contributed by atoms with Gasteiger partial charge in [-0.3, -0.25) is 4.79 Å². The lowest BCUT2D eigenvalue weighted by Crippen LogP contribution is -2.48. The topological polar surface area (TPSA) is 74.2 Å². The maximum atomic E-state index is 11.4. The summed E-state index contributed by atoms with van der Waals surface area (Å²) in [5.41, 5.74) is 2.13. The molecule has 3 rings (SSSR count). The molecule has 7 heteroatoms. The summed E-state index contributed by atoms with van der Waals surface area (Å²) in [4.78, 5) is 19.9. The van der Waals surface area contributed by atoms with Crippen LogP contribution in [-0.2, 0) is 4.79 Å². The molecule has 120 valence electrons. The van der Waals surface area contributed by atoms with Crippen molar-refractivity contribution < 1.29 is 4.79 Å². The minimum absolute atomic E-state index is 0.118. The predicted molar refractivity (Wildman–Crippen MR) is 88.8 cm³/mol. The maximum absolute atomic E-state index is 11.4. The van der Waals surface area contributed by atoms with Crippen molar-refractivity contribution in [3.8, 4) is 0 Å². The number of aromatic nitrogens is 3. The largest absolute Gasteiger partial charge is 0.352 e. The first-order valence-corrected chi connectivity index (χ1v) is 7.66. The lowest BCUT2D eigenvalue weighted by atomic mass is 10.2. The molecule has 1 aliphatic heterocycles. The molecule has 0 spiro atoms. The molecule has 2 heterocycles. The molecule has 0 atom stereocenters. The molecule has 1 amide bonds. The number of carbonyl (C=O) groups excluding carboxylic acids is 1. The molecular weight excluding hydrogens is 292 g/mol. The van der Waals surface area contributed by atoms with Crippen molar-refractivity contribution in [1.82, 2.24) is 20.1 Å². The second-order valence-electron chi connectivity index (χ2n) is 5.62. The second kappa shape index (κ2) is 6.60. The summed E-state index contributed by atoms with van der Waals surface area (Å²) in [5.74, 6) is 1.37. The molecule has 0 aliphatic carbocycles. The second-order valence-corrected chi connectivity index (χ2v) is 5.62. The van der Waals surface area contributed by atoms with E-state index in [0.29, 0.717) is 19.0 Å². The van der Waals surface area contributed by atoms with Crippen molar-refractivity contribution in [2.24, 2.45) is 0 Å². The van der Waals surface area contributed by atoms with E-state index in [1.807, 2.05) is 36.1 Å². The first kappa shape index (κ1) is 15.2. The summed E-state index contributed by atoms with van der Waals surface area (Å²) in [5, 5.41) is 11.2. The highest BCUT2D eigenvalue weighted by Gasteiger charge is 2.20. The lowest BCUT2D eigenvalue weighted by molar-refractivity contribution is -0.129. The number of nitrogens with zero attached hydrogens (tertiary/aromatic N) is 5. The van der Waals surface area contributed by atoms with Crippen LogP contribution in [0.15, 0.2) is 30.5 Å². The van der Waals surface area contributed by atoms with E-state index >= 15 is 0 Å². The number of piperazine rings is 1. The van der Waals surface area contributed by atoms with Crippen LogP contribution < -0.4 is 10.2 Å². The van der Waals surface area contributed by atoms with Crippen molar-refractivity contribution in [3.63, 3.8) is 0 Å². The van der Waals surface area contributed by atoms with E-state index in [4.69, 9.17) is 0 Å². The minimum Gasteiger partial charge on any atom is -0.352 e.